The molecule has 6 nitrogen and oxygen atoms in total. The van der Waals surface area contributed by atoms with Crippen LogP contribution in [0.1, 0.15) is 19.4 Å². The SMILES string of the molecule is C[C@@H]1CN(c2nnc(-c3ccc(C(F)(F)F)cc3OC(F)F)c3ccncc23)C[C@H](C)O1. The zero-order valence-corrected chi connectivity index (χ0v) is 17.1. The number of ether oxygens (including phenoxy) is 2. The number of rotatable bonds is 4. The molecule has 1 fully saturated rings. The van der Waals surface area contributed by atoms with E-state index in [1.165, 1.54) is 6.20 Å². The first-order valence-electron chi connectivity index (χ1n) is 9.80. The van der Waals surface area contributed by atoms with Crippen molar-refractivity contribution in [2.24, 2.45) is 0 Å². The predicted molar refractivity (Wildman–Crippen MR) is 107 cm³/mol. The number of hydrogen-bond acceptors (Lipinski definition) is 6. The van der Waals surface area contributed by atoms with Gasteiger partial charge in [-0.05, 0) is 38.1 Å². The van der Waals surface area contributed by atoms with E-state index in [0.29, 0.717) is 35.7 Å². The number of hydrogen-bond donors (Lipinski definition) is 0. The van der Waals surface area contributed by atoms with Crippen molar-refractivity contribution in [2.75, 3.05) is 18.0 Å². The van der Waals surface area contributed by atoms with Gasteiger partial charge in [-0.3, -0.25) is 4.98 Å². The molecule has 0 spiro atoms. The van der Waals surface area contributed by atoms with Crippen LogP contribution in [-0.4, -0.2) is 47.1 Å². The summed E-state index contributed by atoms with van der Waals surface area (Å²) < 4.78 is 75.5. The Bertz CT molecular complexity index is 1120. The summed E-state index contributed by atoms with van der Waals surface area (Å²) in [7, 11) is 0. The van der Waals surface area contributed by atoms with Gasteiger partial charge in [-0.1, -0.05) is 0 Å². The third-order valence-electron chi connectivity index (χ3n) is 5.06. The molecule has 3 heterocycles. The Morgan fingerprint density at radius 2 is 1.78 bits per heavy atom. The minimum absolute atomic E-state index is 0.0303. The van der Waals surface area contributed by atoms with Crippen LogP contribution in [0.5, 0.6) is 5.75 Å². The predicted octanol–water partition coefficient (Wildman–Crippen LogP) is 4.93. The van der Waals surface area contributed by atoms with Gasteiger partial charge in [-0.15, -0.1) is 10.2 Å². The molecule has 0 N–H and O–H groups in total. The van der Waals surface area contributed by atoms with Gasteiger partial charge in [0.2, 0.25) is 0 Å². The van der Waals surface area contributed by atoms with Crippen LogP contribution in [0.25, 0.3) is 22.0 Å². The Morgan fingerprint density at radius 3 is 2.44 bits per heavy atom. The fourth-order valence-electron chi connectivity index (χ4n) is 3.86. The zero-order chi connectivity index (χ0) is 23.0. The number of nitrogens with zero attached hydrogens (tertiary/aromatic N) is 4. The van der Waals surface area contributed by atoms with E-state index in [9.17, 15) is 22.0 Å². The van der Waals surface area contributed by atoms with E-state index >= 15 is 0 Å². The molecule has 3 aromatic rings. The highest BCUT2D eigenvalue weighted by atomic mass is 19.4. The van der Waals surface area contributed by atoms with Gasteiger partial charge in [0.15, 0.2) is 5.82 Å². The van der Waals surface area contributed by atoms with Gasteiger partial charge in [0, 0.05) is 41.8 Å². The second-order valence-corrected chi connectivity index (χ2v) is 7.54. The maximum Gasteiger partial charge on any atom is 0.416 e. The van der Waals surface area contributed by atoms with Gasteiger partial charge in [0.25, 0.3) is 0 Å². The van der Waals surface area contributed by atoms with E-state index in [1.807, 2.05) is 18.7 Å². The molecule has 1 aliphatic rings. The third kappa shape index (κ3) is 4.43. The normalized spacial score (nSPS) is 19.6. The minimum atomic E-state index is -4.72. The lowest BCUT2D eigenvalue weighted by molar-refractivity contribution is -0.138. The molecule has 1 aromatic carbocycles. The first-order chi connectivity index (χ1) is 15.1. The number of anilines is 1. The molecular weight excluding hydrogens is 435 g/mol. The van der Waals surface area contributed by atoms with Crippen LogP contribution in [0.4, 0.5) is 27.8 Å². The van der Waals surface area contributed by atoms with Crippen molar-refractivity contribution in [2.45, 2.75) is 38.8 Å². The molecule has 2 atom stereocenters. The summed E-state index contributed by atoms with van der Waals surface area (Å²) in [6.45, 7) is 1.67. The fourth-order valence-corrected chi connectivity index (χ4v) is 3.86. The summed E-state index contributed by atoms with van der Waals surface area (Å²) in [4.78, 5) is 6.12. The molecule has 0 bridgehead atoms. The molecular formula is C21H19F5N4O2. The van der Waals surface area contributed by atoms with Gasteiger partial charge in [0.1, 0.15) is 11.4 Å². The first-order valence-corrected chi connectivity index (χ1v) is 9.80. The minimum Gasteiger partial charge on any atom is -0.434 e. The summed E-state index contributed by atoms with van der Waals surface area (Å²) in [6, 6.07) is 4.00. The summed E-state index contributed by atoms with van der Waals surface area (Å²) in [5.41, 5.74) is -1.02. The van der Waals surface area contributed by atoms with Gasteiger partial charge >= 0.3 is 12.8 Å². The van der Waals surface area contributed by atoms with Gasteiger partial charge in [-0.25, -0.2) is 0 Å². The molecule has 0 saturated carbocycles. The Kier molecular flexibility index (Phi) is 5.85. The molecule has 32 heavy (non-hydrogen) atoms. The highest BCUT2D eigenvalue weighted by molar-refractivity contribution is 6.00. The van der Waals surface area contributed by atoms with Crippen LogP contribution in [0.15, 0.2) is 36.7 Å². The molecule has 0 amide bonds. The Labute approximate surface area is 180 Å². The van der Waals surface area contributed by atoms with E-state index in [4.69, 9.17) is 4.74 Å². The number of benzene rings is 1. The van der Waals surface area contributed by atoms with E-state index in [-0.39, 0.29) is 23.5 Å². The molecule has 0 aliphatic carbocycles. The quantitative estimate of drug-likeness (QED) is 0.522. The maximum atomic E-state index is 13.1. The largest absolute Gasteiger partial charge is 0.434 e. The smallest absolute Gasteiger partial charge is 0.416 e. The third-order valence-corrected chi connectivity index (χ3v) is 5.06. The van der Waals surface area contributed by atoms with Crippen molar-refractivity contribution in [3.05, 3.63) is 42.2 Å². The van der Waals surface area contributed by atoms with Gasteiger partial charge in [0.05, 0.1) is 17.8 Å². The Morgan fingerprint density at radius 1 is 1.06 bits per heavy atom. The van der Waals surface area contributed by atoms with Crippen LogP contribution < -0.4 is 9.64 Å². The van der Waals surface area contributed by atoms with E-state index < -0.39 is 24.1 Å². The lowest BCUT2D eigenvalue weighted by Gasteiger charge is -2.36. The molecule has 1 aliphatic heterocycles. The van der Waals surface area contributed by atoms with Crippen molar-refractivity contribution in [1.82, 2.24) is 15.2 Å². The van der Waals surface area contributed by atoms with Crippen LogP contribution in [0.2, 0.25) is 0 Å². The lowest BCUT2D eigenvalue weighted by atomic mass is 10.0. The number of pyridine rings is 1. The van der Waals surface area contributed by atoms with Crippen LogP contribution >= 0.6 is 0 Å². The number of aromatic nitrogens is 3. The van der Waals surface area contributed by atoms with E-state index in [1.54, 1.807) is 12.3 Å². The van der Waals surface area contributed by atoms with Crippen molar-refractivity contribution >= 4 is 16.6 Å². The van der Waals surface area contributed by atoms with Gasteiger partial charge in [-0.2, -0.15) is 22.0 Å². The van der Waals surface area contributed by atoms with E-state index in [2.05, 4.69) is 19.9 Å². The lowest BCUT2D eigenvalue weighted by Crippen LogP contribution is -2.46. The summed E-state index contributed by atoms with van der Waals surface area (Å²) in [6.07, 6.45) is -1.77. The number of halogens is 5. The van der Waals surface area contributed by atoms with Crippen molar-refractivity contribution < 1.29 is 31.4 Å². The van der Waals surface area contributed by atoms with Crippen LogP contribution in [0.3, 0.4) is 0 Å². The molecule has 11 heteroatoms. The zero-order valence-electron chi connectivity index (χ0n) is 17.1. The summed E-state index contributed by atoms with van der Waals surface area (Å²) in [5, 5.41) is 9.56. The van der Waals surface area contributed by atoms with Crippen LogP contribution in [-0.2, 0) is 10.9 Å². The molecule has 2 aromatic heterocycles. The Hall–Kier alpha value is -3.08. The Balaban J connectivity index is 1.86. The van der Waals surface area contributed by atoms with E-state index in [0.717, 1.165) is 12.1 Å². The fraction of sp³-hybridized carbons (Fsp3) is 0.381. The second kappa shape index (κ2) is 8.45. The maximum absolute atomic E-state index is 13.1. The molecule has 170 valence electrons. The van der Waals surface area contributed by atoms with Crippen molar-refractivity contribution in [1.29, 1.82) is 0 Å². The van der Waals surface area contributed by atoms with Gasteiger partial charge < -0.3 is 14.4 Å². The number of morpholine rings is 1. The molecule has 4 rings (SSSR count). The average Bonchev–Trinajstić information content (AvgIpc) is 2.71. The standard InChI is InChI=1S/C21H19F5N4O2/c1-11-9-30(10-12(2)31-11)19-16-8-27-6-5-14(16)18(28-29-19)15-4-3-13(21(24,25)26)7-17(15)32-20(22)23/h3-8,11-12,20H,9-10H2,1-2H3/t11-,12+. The molecule has 0 unspecified atom stereocenters. The topological polar surface area (TPSA) is 60.4 Å². The summed E-state index contributed by atoms with van der Waals surface area (Å²) >= 11 is 0. The molecule has 1 saturated heterocycles. The molecule has 0 radical (unpaired) electrons. The van der Waals surface area contributed by atoms with Crippen LogP contribution in [0, 0.1) is 0 Å². The number of alkyl halides is 5. The average molecular weight is 454 g/mol. The highest BCUT2D eigenvalue weighted by Crippen LogP contribution is 2.40. The summed E-state index contributed by atoms with van der Waals surface area (Å²) in [5.74, 6) is -0.106. The second-order valence-electron chi connectivity index (χ2n) is 7.54. The highest BCUT2D eigenvalue weighted by Gasteiger charge is 2.32. The first kappa shape index (κ1) is 22.1. The van der Waals surface area contributed by atoms with Crippen molar-refractivity contribution in [3.63, 3.8) is 0 Å². The van der Waals surface area contributed by atoms with Crippen molar-refractivity contribution in [3.8, 4) is 17.0 Å². The monoisotopic (exact) mass is 454 g/mol. The number of fused-ring (bicyclic) bond motifs is 1.